The molecule has 18 heavy (non-hydrogen) atoms. The summed E-state index contributed by atoms with van der Waals surface area (Å²) < 4.78 is 0.966. The van der Waals surface area contributed by atoms with E-state index in [1.54, 1.807) is 17.5 Å². The van der Waals surface area contributed by atoms with E-state index in [0.29, 0.717) is 5.69 Å². The van der Waals surface area contributed by atoms with Crippen molar-refractivity contribution in [1.82, 2.24) is 4.98 Å². The van der Waals surface area contributed by atoms with Gasteiger partial charge in [-0.05, 0) is 46.8 Å². The van der Waals surface area contributed by atoms with Gasteiger partial charge in [-0.1, -0.05) is 6.07 Å². The van der Waals surface area contributed by atoms with Crippen LogP contribution in [0.2, 0.25) is 0 Å². The molecule has 96 valence electrons. The average molecular weight is 326 g/mol. The highest BCUT2D eigenvalue weighted by molar-refractivity contribution is 9.10. The van der Waals surface area contributed by atoms with Crippen LogP contribution in [-0.4, -0.2) is 12.0 Å². The lowest BCUT2D eigenvalue weighted by molar-refractivity contribution is 0.740. The van der Waals surface area contributed by atoms with Crippen molar-refractivity contribution in [2.45, 2.75) is 19.9 Å². The lowest BCUT2D eigenvalue weighted by atomic mass is 10.2. The Balaban J connectivity index is 2.35. The van der Waals surface area contributed by atoms with Gasteiger partial charge in [0.2, 0.25) is 0 Å². The molecule has 2 aromatic heterocycles. The minimum Gasteiger partial charge on any atom is -0.397 e. The van der Waals surface area contributed by atoms with Crippen molar-refractivity contribution >= 4 is 38.8 Å². The average Bonchev–Trinajstić information content (AvgIpc) is 2.88. The molecule has 2 aromatic rings. The van der Waals surface area contributed by atoms with Crippen molar-refractivity contribution in [2.24, 2.45) is 0 Å². The number of anilines is 2. The van der Waals surface area contributed by atoms with Crippen LogP contribution < -0.4 is 10.6 Å². The summed E-state index contributed by atoms with van der Waals surface area (Å²) in [5, 5.41) is 2.09. The molecule has 0 aromatic carbocycles. The maximum atomic E-state index is 5.85. The molecule has 1 unspecified atom stereocenters. The second-order valence-electron chi connectivity index (χ2n) is 4.28. The molecule has 0 aliphatic carbocycles. The molecule has 3 nitrogen and oxygen atoms in total. The summed E-state index contributed by atoms with van der Waals surface area (Å²) >= 11 is 5.34. The smallest absolute Gasteiger partial charge is 0.143 e. The second-order valence-corrected chi connectivity index (χ2v) is 6.05. The van der Waals surface area contributed by atoms with Crippen molar-refractivity contribution in [2.75, 3.05) is 17.7 Å². The van der Waals surface area contributed by atoms with E-state index in [0.717, 1.165) is 15.9 Å². The molecule has 0 saturated carbocycles. The molecule has 0 radical (unpaired) electrons. The number of hydrogen-bond acceptors (Lipinski definition) is 4. The molecule has 0 amide bonds. The lowest BCUT2D eigenvalue weighted by Crippen LogP contribution is -2.22. The van der Waals surface area contributed by atoms with E-state index in [9.17, 15) is 0 Å². The Morgan fingerprint density at radius 1 is 1.50 bits per heavy atom. The molecule has 0 aliphatic rings. The monoisotopic (exact) mass is 325 g/mol. The molecule has 0 spiro atoms. The van der Waals surface area contributed by atoms with Gasteiger partial charge in [0.05, 0.1) is 22.4 Å². The Labute approximate surface area is 120 Å². The van der Waals surface area contributed by atoms with Crippen LogP contribution in [0.15, 0.2) is 28.2 Å². The van der Waals surface area contributed by atoms with Crippen LogP contribution >= 0.6 is 27.3 Å². The number of nitrogens with zero attached hydrogens (tertiary/aromatic N) is 2. The van der Waals surface area contributed by atoms with Gasteiger partial charge in [-0.3, -0.25) is 0 Å². The van der Waals surface area contributed by atoms with E-state index in [1.165, 1.54) is 4.88 Å². The van der Waals surface area contributed by atoms with Crippen LogP contribution in [0.25, 0.3) is 0 Å². The number of thiophene rings is 1. The number of rotatable bonds is 3. The Bertz CT molecular complexity index is 539. The summed E-state index contributed by atoms with van der Waals surface area (Å²) in [6.07, 6.45) is 1.72. The summed E-state index contributed by atoms with van der Waals surface area (Å²) in [5.41, 5.74) is 7.59. The molecular formula is C13H16BrN3S. The van der Waals surface area contributed by atoms with Crippen LogP contribution in [0.5, 0.6) is 0 Å². The van der Waals surface area contributed by atoms with E-state index in [2.05, 4.69) is 50.3 Å². The first kappa shape index (κ1) is 13.4. The fourth-order valence-electron chi connectivity index (χ4n) is 1.73. The fourth-order valence-corrected chi connectivity index (χ4v) is 3.17. The van der Waals surface area contributed by atoms with Gasteiger partial charge >= 0.3 is 0 Å². The Morgan fingerprint density at radius 2 is 2.22 bits per heavy atom. The molecule has 1 atom stereocenters. The minimum atomic E-state index is 0.289. The topological polar surface area (TPSA) is 42.1 Å². The molecule has 0 fully saturated rings. The third kappa shape index (κ3) is 2.37. The van der Waals surface area contributed by atoms with Crippen LogP contribution in [0, 0.1) is 6.92 Å². The molecule has 0 aliphatic heterocycles. The van der Waals surface area contributed by atoms with Gasteiger partial charge in [0, 0.05) is 11.9 Å². The molecule has 5 heteroatoms. The zero-order valence-electron chi connectivity index (χ0n) is 10.6. The van der Waals surface area contributed by atoms with Gasteiger partial charge in [0.1, 0.15) is 5.82 Å². The zero-order chi connectivity index (χ0) is 13.3. The SMILES string of the molecule is Cc1c(N)cnc(N(C)C(C)c2cccs2)c1Br. The fraction of sp³-hybridized carbons (Fsp3) is 0.308. The van der Waals surface area contributed by atoms with Crippen LogP contribution in [-0.2, 0) is 0 Å². The highest BCUT2D eigenvalue weighted by Gasteiger charge is 2.18. The normalized spacial score (nSPS) is 12.4. The predicted molar refractivity (Wildman–Crippen MR) is 82.2 cm³/mol. The van der Waals surface area contributed by atoms with Crippen molar-refractivity contribution < 1.29 is 0 Å². The first-order chi connectivity index (χ1) is 8.52. The van der Waals surface area contributed by atoms with Gasteiger partial charge < -0.3 is 10.6 Å². The molecule has 2 N–H and O–H groups in total. The van der Waals surface area contributed by atoms with E-state index < -0.39 is 0 Å². The Hall–Kier alpha value is -1.07. The highest BCUT2D eigenvalue weighted by atomic mass is 79.9. The summed E-state index contributed by atoms with van der Waals surface area (Å²) in [6.45, 7) is 4.17. The van der Waals surface area contributed by atoms with Gasteiger partial charge in [0.25, 0.3) is 0 Å². The number of nitrogen functional groups attached to an aromatic ring is 1. The van der Waals surface area contributed by atoms with Gasteiger partial charge in [-0.15, -0.1) is 11.3 Å². The van der Waals surface area contributed by atoms with Crippen LogP contribution in [0.1, 0.15) is 23.4 Å². The van der Waals surface area contributed by atoms with E-state index in [-0.39, 0.29) is 6.04 Å². The van der Waals surface area contributed by atoms with Gasteiger partial charge in [0.15, 0.2) is 0 Å². The Kier molecular flexibility index (Phi) is 3.92. The number of nitrogens with two attached hydrogens (primary N) is 1. The first-order valence-electron chi connectivity index (χ1n) is 5.69. The maximum absolute atomic E-state index is 5.85. The quantitative estimate of drug-likeness (QED) is 0.927. The van der Waals surface area contributed by atoms with Crippen molar-refractivity contribution in [3.63, 3.8) is 0 Å². The van der Waals surface area contributed by atoms with Gasteiger partial charge in [-0.2, -0.15) is 0 Å². The van der Waals surface area contributed by atoms with Crippen LogP contribution in [0.4, 0.5) is 11.5 Å². The molecule has 0 saturated heterocycles. The summed E-state index contributed by atoms with van der Waals surface area (Å²) in [4.78, 5) is 7.90. The second kappa shape index (κ2) is 5.28. The van der Waals surface area contributed by atoms with E-state index in [4.69, 9.17) is 5.73 Å². The van der Waals surface area contributed by atoms with E-state index >= 15 is 0 Å². The summed E-state index contributed by atoms with van der Waals surface area (Å²) in [6, 6.07) is 4.50. The largest absolute Gasteiger partial charge is 0.397 e. The highest BCUT2D eigenvalue weighted by Crippen LogP contribution is 2.34. The predicted octanol–water partition coefficient (Wildman–Crippen LogP) is 3.99. The minimum absolute atomic E-state index is 0.289. The number of halogens is 1. The maximum Gasteiger partial charge on any atom is 0.143 e. The third-order valence-corrected chi connectivity index (χ3v) is 5.15. The van der Waals surface area contributed by atoms with Crippen molar-refractivity contribution in [3.8, 4) is 0 Å². The summed E-state index contributed by atoms with van der Waals surface area (Å²) in [7, 11) is 2.05. The van der Waals surface area contributed by atoms with Crippen molar-refractivity contribution in [3.05, 3.63) is 38.6 Å². The van der Waals surface area contributed by atoms with E-state index in [1.807, 2.05) is 14.0 Å². The zero-order valence-corrected chi connectivity index (χ0v) is 13.0. The summed E-state index contributed by atoms with van der Waals surface area (Å²) in [5.74, 6) is 0.919. The number of aromatic nitrogens is 1. The Morgan fingerprint density at radius 3 is 2.83 bits per heavy atom. The molecular weight excluding hydrogens is 310 g/mol. The van der Waals surface area contributed by atoms with Crippen LogP contribution in [0.3, 0.4) is 0 Å². The molecule has 2 heterocycles. The number of pyridine rings is 1. The third-order valence-electron chi connectivity index (χ3n) is 3.15. The standard InChI is InChI=1S/C13H16BrN3S/c1-8-10(15)7-16-13(12(8)14)17(3)9(2)11-5-4-6-18-11/h4-7,9H,15H2,1-3H3. The van der Waals surface area contributed by atoms with Crippen molar-refractivity contribution in [1.29, 1.82) is 0 Å². The molecule has 2 rings (SSSR count). The molecule has 0 bridgehead atoms. The van der Waals surface area contributed by atoms with Gasteiger partial charge in [-0.25, -0.2) is 4.98 Å². The lowest BCUT2D eigenvalue weighted by Gasteiger charge is -2.26. The number of hydrogen-bond donors (Lipinski definition) is 1. The first-order valence-corrected chi connectivity index (χ1v) is 7.36.